The van der Waals surface area contributed by atoms with E-state index < -0.39 is 5.97 Å². The van der Waals surface area contributed by atoms with E-state index >= 15 is 0 Å². The van der Waals surface area contributed by atoms with Crippen molar-refractivity contribution in [2.75, 3.05) is 0 Å². The zero-order valence-electron chi connectivity index (χ0n) is 11.8. The van der Waals surface area contributed by atoms with Crippen molar-refractivity contribution >= 4 is 17.7 Å². The van der Waals surface area contributed by atoms with Gasteiger partial charge in [0.05, 0.1) is 5.75 Å². The number of aromatic nitrogens is 2. The number of rotatable bonds is 4. The lowest BCUT2D eigenvalue weighted by Crippen LogP contribution is -2.10. The molecule has 0 atom stereocenters. The number of aromatic carboxylic acids is 1. The first-order chi connectivity index (χ1) is 10.1. The molecule has 2 aromatic rings. The highest BCUT2D eigenvalue weighted by Crippen LogP contribution is 2.26. The average molecular weight is 304 g/mol. The molecule has 2 aromatic heterocycles. The molecule has 1 aliphatic carbocycles. The number of furan rings is 1. The van der Waals surface area contributed by atoms with E-state index in [4.69, 9.17) is 9.52 Å². The van der Waals surface area contributed by atoms with Crippen LogP contribution in [0.4, 0.5) is 0 Å². The van der Waals surface area contributed by atoms with Gasteiger partial charge in [-0.2, -0.15) is 0 Å². The first-order valence-corrected chi connectivity index (χ1v) is 7.93. The van der Waals surface area contributed by atoms with Crippen molar-refractivity contribution in [2.45, 2.75) is 43.5 Å². The maximum absolute atomic E-state index is 10.8. The Kier molecular flexibility index (Phi) is 3.96. The number of hydrogen-bond acceptors (Lipinski definition) is 5. The van der Waals surface area contributed by atoms with Crippen LogP contribution < -0.4 is 0 Å². The fourth-order valence-corrected chi connectivity index (χ4v) is 3.33. The van der Waals surface area contributed by atoms with Crippen molar-refractivity contribution in [3.63, 3.8) is 0 Å². The molecule has 1 aliphatic rings. The zero-order valence-corrected chi connectivity index (χ0v) is 12.6. The zero-order chi connectivity index (χ0) is 14.8. The first kappa shape index (κ1) is 14.1. The van der Waals surface area contributed by atoms with Gasteiger partial charge in [0.15, 0.2) is 5.16 Å². The van der Waals surface area contributed by atoms with Gasteiger partial charge in [0, 0.05) is 11.4 Å². The van der Waals surface area contributed by atoms with Crippen molar-refractivity contribution in [2.24, 2.45) is 0 Å². The van der Waals surface area contributed by atoms with Gasteiger partial charge < -0.3 is 9.52 Å². The Bertz CT molecular complexity index is 682. The molecule has 0 saturated carbocycles. The van der Waals surface area contributed by atoms with E-state index in [0.29, 0.717) is 11.5 Å². The lowest BCUT2D eigenvalue weighted by Gasteiger charge is -2.17. The number of nitrogens with zero attached hydrogens (tertiary/aromatic N) is 2. The van der Waals surface area contributed by atoms with Crippen LogP contribution in [0.1, 0.15) is 46.1 Å². The average Bonchev–Trinajstić information content (AvgIpc) is 2.94. The van der Waals surface area contributed by atoms with Crippen LogP contribution in [0.5, 0.6) is 0 Å². The van der Waals surface area contributed by atoms with Crippen LogP contribution in [-0.2, 0) is 18.6 Å². The summed E-state index contributed by atoms with van der Waals surface area (Å²) in [5, 5.41) is 9.56. The molecule has 0 fully saturated rings. The SMILES string of the molecule is Cc1nc(SCc2ccc(C(=O)O)o2)nc2c1CCCC2. The van der Waals surface area contributed by atoms with E-state index in [2.05, 4.69) is 9.97 Å². The molecule has 21 heavy (non-hydrogen) atoms. The van der Waals surface area contributed by atoms with Crippen LogP contribution in [-0.4, -0.2) is 21.0 Å². The van der Waals surface area contributed by atoms with Gasteiger partial charge in [0.25, 0.3) is 0 Å². The number of aryl methyl sites for hydroxylation is 2. The quantitative estimate of drug-likeness (QED) is 0.690. The molecule has 6 heteroatoms. The minimum atomic E-state index is -1.05. The number of carbonyl (C=O) groups is 1. The molecule has 5 nitrogen and oxygen atoms in total. The second-order valence-electron chi connectivity index (χ2n) is 5.08. The predicted octanol–water partition coefficient (Wildman–Crippen LogP) is 3.25. The second-order valence-corrected chi connectivity index (χ2v) is 6.03. The van der Waals surface area contributed by atoms with Gasteiger partial charge in [-0.1, -0.05) is 11.8 Å². The fraction of sp³-hybridized carbons (Fsp3) is 0.400. The molecule has 2 heterocycles. The topological polar surface area (TPSA) is 76.2 Å². The normalized spacial score (nSPS) is 14.0. The van der Waals surface area contributed by atoms with E-state index in [1.165, 1.54) is 41.9 Å². The van der Waals surface area contributed by atoms with Gasteiger partial charge in [-0.15, -0.1) is 0 Å². The first-order valence-electron chi connectivity index (χ1n) is 6.94. The maximum atomic E-state index is 10.8. The summed E-state index contributed by atoms with van der Waals surface area (Å²) in [5.41, 5.74) is 3.53. The third kappa shape index (κ3) is 3.10. The Balaban J connectivity index is 1.72. The minimum Gasteiger partial charge on any atom is -0.475 e. The highest BCUT2D eigenvalue weighted by Gasteiger charge is 2.16. The van der Waals surface area contributed by atoms with E-state index in [1.807, 2.05) is 6.92 Å². The van der Waals surface area contributed by atoms with Crippen molar-refractivity contribution in [3.05, 3.63) is 40.6 Å². The van der Waals surface area contributed by atoms with Gasteiger partial charge in [-0.05, 0) is 50.3 Å². The Labute approximate surface area is 126 Å². The van der Waals surface area contributed by atoms with Crippen molar-refractivity contribution < 1.29 is 14.3 Å². The van der Waals surface area contributed by atoms with Crippen LogP contribution in [0.25, 0.3) is 0 Å². The highest BCUT2D eigenvalue weighted by atomic mass is 32.2. The van der Waals surface area contributed by atoms with Crippen LogP contribution in [0, 0.1) is 6.92 Å². The number of thioether (sulfide) groups is 1. The Morgan fingerprint density at radius 2 is 2.14 bits per heavy atom. The van der Waals surface area contributed by atoms with Gasteiger partial charge >= 0.3 is 5.97 Å². The fourth-order valence-electron chi connectivity index (χ4n) is 2.52. The number of fused-ring (bicyclic) bond motifs is 1. The Morgan fingerprint density at radius 3 is 2.90 bits per heavy atom. The summed E-state index contributed by atoms with van der Waals surface area (Å²) < 4.78 is 5.23. The molecule has 0 radical (unpaired) electrons. The molecule has 1 N–H and O–H groups in total. The Hall–Kier alpha value is -1.82. The van der Waals surface area contributed by atoms with Crippen LogP contribution >= 0.6 is 11.8 Å². The summed E-state index contributed by atoms with van der Waals surface area (Å²) in [6.07, 6.45) is 4.50. The van der Waals surface area contributed by atoms with Gasteiger partial charge in [0.1, 0.15) is 5.76 Å². The predicted molar refractivity (Wildman–Crippen MR) is 78.6 cm³/mol. The van der Waals surface area contributed by atoms with Crippen molar-refractivity contribution in [3.8, 4) is 0 Å². The molecular formula is C15H16N2O3S. The lowest BCUT2D eigenvalue weighted by atomic mass is 9.95. The van der Waals surface area contributed by atoms with Crippen LogP contribution in [0.15, 0.2) is 21.7 Å². The van der Waals surface area contributed by atoms with Gasteiger partial charge in [0.2, 0.25) is 5.76 Å². The van der Waals surface area contributed by atoms with Crippen LogP contribution in [0.3, 0.4) is 0 Å². The van der Waals surface area contributed by atoms with E-state index in [-0.39, 0.29) is 5.76 Å². The maximum Gasteiger partial charge on any atom is 0.371 e. The molecule has 110 valence electrons. The summed E-state index contributed by atoms with van der Waals surface area (Å²) in [6.45, 7) is 2.03. The summed E-state index contributed by atoms with van der Waals surface area (Å²) >= 11 is 1.48. The summed E-state index contributed by atoms with van der Waals surface area (Å²) in [7, 11) is 0. The number of carboxylic acids is 1. The second kappa shape index (κ2) is 5.89. The number of hydrogen-bond donors (Lipinski definition) is 1. The molecule has 0 bridgehead atoms. The standard InChI is InChI=1S/C15H16N2O3S/c1-9-11-4-2-3-5-12(11)17-15(16-9)21-8-10-6-7-13(20-10)14(18)19/h6-7H,2-5,8H2,1H3,(H,18,19). The third-order valence-corrected chi connectivity index (χ3v) is 4.45. The molecule has 0 aromatic carbocycles. The minimum absolute atomic E-state index is 0.0341. The molecule has 0 amide bonds. The third-order valence-electron chi connectivity index (χ3n) is 3.59. The monoisotopic (exact) mass is 304 g/mol. The number of carboxylic acid groups (broad SMARTS) is 1. The lowest BCUT2D eigenvalue weighted by molar-refractivity contribution is 0.0661. The summed E-state index contributed by atoms with van der Waals surface area (Å²) in [4.78, 5) is 19.9. The largest absolute Gasteiger partial charge is 0.475 e. The van der Waals surface area contributed by atoms with Gasteiger partial charge in [-0.25, -0.2) is 14.8 Å². The van der Waals surface area contributed by atoms with Crippen LogP contribution in [0.2, 0.25) is 0 Å². The molecule has 0 saturated heterocycles. The molecular weight excluding hydrogens is 288 g/mol. The molecule has 0 unspecified atom stereocenters. The smallest absolute Gasteiger partial charge is 0.371 e. The Morgan fingerprint density at radius 1 is 1.33 bits per heavy atom. The van der Waals surface area contributed by atoms with Crippen molar-refractivity contribution in [1.82, 2.24) is 9.97 Å². The summed E-state index contributed by atoms with van der Waals surface area (Å²) in [6, 6.07) is 3.15. The van der Waals surface area contributed by atoms with Crippen molar-refractivity contribution in [1.29, 1.82) is 0 Å². The van der Waals surface area contributed by atoms with E-state index in [0.717, 1.165) is 23.7 Å². The molecule has 0 aliphatic heterocycles. The molecule has 3 rings (SSSR count). The molecule has 0 spiro atoms. The van der Waals surface area contributed by atoms with E-state index in [9.17, 15) is 4.79 Å². The van der Waals surface area contributed by atoms with Gasteiger partial charge in [-0.3, -0.25) is 0 Å². The summed E-state index contributed by atoms with van der Waals surface area (Å²) in [5.74, 6) is 0.0718. The van der Waals surface area contributed by atoms with E-state index in [1.54, 1.807) is 6.07 Å². The highest BCUT2D eigenvalue weighted by molar-refractivity contribution is 7.98.